The minimum atomic E-state index is -0.604. The third kappa shape index (κ3) is 8.68. The molecule has 1 aliphatic heterocycles. The van der Waals surface area contributed by atoms with Crippen LogP contribution in [0.4, 0.5) is 0 Å². The van der Waals surface area contributed by atoms with Gasteiger partial charge in [0.2, 0.25) is 0 Å². The van der Waals surface area contributed by atoms with Crippen molar-refractivity contribution in [3.05, 3.63) is 12.2 Å². The molecule has 0 aromatic rings. The Morgan fingerprint density at radius 3 is 2.52 bits per heavy atom. The first-order valence-corrected chi connectivity index (χ1v) is 7.86. The highest BCUT2D eigenvalue weighted by Gasteiger charge is 2.30. The van der Waals surface area contributed by atoms with E-state index in [1.807, 2.05) is 0 Å². The Labute approximate surface area is 136 Å². The lowest BCUT2D eigenvalue weighted by molar-refractivity contribution is -0.199. The molecule has 0 radical (unpaired) electrons. The van der Waals surface area contributed by atoms with Gasteiger partial charge in [0.25, 0.3) is 0 Å². The number of hydrogen-bond acceptors (Lipinski definition) is 7. The van der Waals surface area contributed by atoms with Crippen LogP contribution in [-0.4, -0.2) is 56.9 Å². The predicted molar refractivity (Wildman–Crippen MR) is 81.7 cm³/mol. The summed E-state index contributed by atoms with van der Waals surface area (Å²) in [5.74, 6) is -0.855. The fourth-order valence-corrected chi connectivity index (χ4v) is 1.93. The van der Waals surface area contributed by atoms with E-state index in [9.17, 15) is 9.59 Å². The maximum Gasteiger partial charge on any atom is 0.303 e. The van der Waals surface area contributed by atoms with Gasteiger partial charge in [-0.15, -0.1) is 0 Å². The Hall–Kier alpha value is -1.44. The van der Waals surface area contributed by atoms with Crippen molar-refractivity contribution in [3.63, 3.8) is 0 Å². The maximum atomic E-state index is 11.1. The Morgan fingerprint density at radius 1 is 1.09 bits per heavy atom. The van der Waals surface area contributed by atoms with Crippen LogP contribution in [-0.2, 0) is 33.3 Å². The highest BCUT2D eigenvalue weighted by molar-refractivity contribution is 5.66. The molecule has 1 unspecified atom stereocenters. The van der Waals surface area contributed by atoms with E-state index in [0.29, 0.717) is 19.8 Å². The van der Waals surface area contributed by atoms with Crippen LogP contribution in [0.2, 0.25) is 0 Å². The lowest BCUT2D eigenvalue weighted by Gasteiger charge is -2.31. The van der Waals surface area contributed by atoms with Gasteiger partial charge < -0.3 is 23.7 Å². The number of esters is 2. The molecule has 7 nitrogen and oxygen atoms in total. The molecule has 1 heterocycles. The number of hydrogen-bond donors (Lipinski definition) is 0. The quantitative estimate of drug-likeness (QED) is 0.342. The third-order valence-electron chi connectivity index (χ3n) is 3.04. The van der Waals surface area contributed by atoms with Gasteiger partial charge in [-0.2, -0.15) is 0 Å². The monoisotopic (exact) mass is 330 g/mol. The van der Waals surface area contributed by atoms with Crippen molar-refractivity contribution in [2.24, 2.45) is 0 Å². The zero-order valence-electron chi connectivity index (χ0n) is 14.0. The molecular weight excluding hydrogens is 304 g/mol. The molecule has 7 heteroatoms. The van der Waals surface area contributed by atoms with Crippen LogP contribution in [0.25, 0.3) is 0 Å². The number of rotatable bonds is 10. The highest BCUT2D eigenvalue weighted by Crippen LogP contribution is 2.18. The Balaban J connectivity index is 2.40. The fraction of sp³-hybridized carbons (Fsp3) is 0.750. The standard InChI is InChI=1S/C16H26O7/c1-4-5-8-19-9-10-20-16-7-6-14(22-13(3)18)15(23-16)11-21-12(2)17/h6-7,14-16H,4-5,8-11H2,1-3H3/t14-,15+,16?/m0/s1. The van der Waals surface area contributed by atoms with E-state index in [-0.39, 0.29) is 6.61 Å². The summed E-state index contributed by atoms with van der Waals surface area (Å²) in [5.41, 5.74) is 0. The second-order valence-electron chi connectivity index (χ2n) is 5.14. The van der Waals surface area contributed by atoms with Crippen LogP contribution in [0.1, 0.15) is 33.6 Å². The molecule has 0 spiro atoms. The summed E-state index contributed by atoms with van der Waals surface area (Å²) in [7, 11) is 0. The zero-order chi connectivity index (χ0) is 17.1. The van der Waals surface area contributed by atoms with E-state index in [4.69, 9.17) is 23.7 Å². The van der Waals surface area contributed by atoms with Crippen molar-refractivity contribution in [1.82, 2.24) is 0 Å². The summed E-state index contributed by atoms with van der Waals surface area (Å²) in [6, 6.07) is 0. The van der Waals surface area contributed by atoms with E-state index in [2.05, 4.69) is 6.92 Å². The highest BCUT2D eigenvalue weighted by atomic mass is 16.7. The largest absolute Gasteiger partial charge is 0.463 e. The SMILES string of the molecule is CCCCOCCOC1C=C[C@H](OC(C)=O)[C@@H](COC(C)=O)O1. The molecule has 3 atom stereocenters. The van der Waals surface area contributed by atoms with Gasteiger partial charge in [-0.05, 0) is 18.6 Å². The van der Waals surface area contributed by atoms with Gasteiger partial charge in [0.05, 0.1) is 13.2 Å². The predicted octanol–water partition coefficient (Wildman–Crippen LogP) is 1.60. The van der Waals surface area contributed by atoms with Crippen molar-refractivity contribution in [2.75, 3.05) is 26.4 Å². The van der Waals surface area contributed by atoms with Gasteiger partial charge in [0.1, 0.15) is 18.8 Å². The molecule has 1 aliphatic rings. The van der Waals surface area contributed by atoms with Crippen LogP contribution in [0.15, 0.2) is 12.2 Å². The summed E-state index contributed by atoms with van der Waals surface area (Å²) in [4.78, 5) is 22.0. The summed E-state index contributed by atoms with van der Waals surface area (Å²) < 4.78 is 26.7. The summed E-state index contributed by atoms with van der Waals surface area (Å²) >= 11 is 0. The molecule has 0 saturated heterocycles. The second kappa shape index (κ2) is 11.2. The van der Waals surface area contributed by atoms with Crippen LogP contribution < -0.4 is 0 Å². The van der Waals surface area contributed by atoms with E-state index >= 15 is 0 Å². The molecular formula is C16H26O7. The lowest BCUT2D eigenvalue weighted by atomic mass is 10.1. The van der Waals surface area contributed by atoms with E-state index in [0.717, 1.165) is 12.8 Å². The summed E-state index contributed by atoms with van der Waals surface area (Å²) in [6.45, 7) is 6.29. The van der Waals surface area contributed by atoms with Crippen molar-refractivity contribution < 1.29 is 33.3 Å². The molecule has 23 heavy (non-hydrogen) atoms. The Bertz CT molecular complexity index is 394. The third-order valence-corrected chi connectivity index (χ3v) is 3.04. The van der Waals surface area contributed by atoms with Gasteiger partial charge in [-0.3, -0.25) is 9.59 Å². The summed E-state index contributed by atoms with van der Waals surface area (Å²) in [5, 5.41) is 0. The molecule has 1 rings (SSSR count). The smallest absolute Gasteiger partial charge is 0.303 e. The van der Waals surface area contributed by atoms with Gasteiger partial charge in [-0.1, -0.05) is 13.3 Å². The minimum Gasteiger partial charge on any atom is -0.463 e. The van der Waals surface area contributed by atoms with Crippen LogP contribution >= 0.6 is 0 Å². The molecule has 0 bridgehead atoms. The second-order valence-corrected chi connectivity index (χ2v) is 5.14. The average Bonchev–Trinajstić information content (AvgIpc) is 2.50. The number of carbonyl (C=O) groups is 2. The average molecular weight is 330 g/mol. The first-order valence-electron chi connectivity index (χ1n) is 7.86. The maximum absolute atomic E-state index is 11.1. The fourth-order valence-electron chi connectivity index (χ4n) is 1.93. The van der Waals surface area contributed by atoms with Gasteiger partial charge >= 0.3 is 11.9 Å². The van der Waals surface area contributed by atoms with E-state index in [1.165, 1.54) is 13.8 Å². The molecule has 0 fully saturated rings. The number of unbranched alkanes of at least 4 members (excludes halogenated alkanes) is 1. The number of ether oxygens (including phenoxy) is 5. The Kier molecular flexibility index (Phi) is 9.51. The minimum absolute atomic E-state index is 0.00944. The molecule has 0 saturated carbocycles. The van der Waals surface area contributed by atoms with Crippen LogP contribution in [0.5, 0.6) is 0 Å². The lowest BCUT2D eigenvalue weighted by Crippen LogP contribution is -2.42. The molecule has 132 valence electrons. The van der Waals surface area contributed by atoms with Crippen molar-refractivity contribution in [3.8, 4) is 0 Å². The van der Waals surface area contributed by atoms with Crippen molar-refractivity contribution >= 4 is 11.9 Å². The zero-order valence-corrected chi connectivity index (χ0v) is 14.0. The Morgan fingerprint density at radius 2 is 1.87 bits per heavy atom. The van der Waals surface area contributed by atoms with E-state index < -0.39 is 30.4 Å². The van der Waals surface area contributed by atoms with Gasteiger partial charge in [-0.25, -0.2) is 0 Å². The van der Waals surface area contributed by atoms with Gasteiger partial charge in [0, 0.05) is 20.5 Å². The van der Waals surface area contributed by atoms with Crippen molar-refractivity contribution in [2.45, 2.75) is 52.1 Å². The first-order chi connectivity index (χ1) is 11.0. The first kappa shape index (κ1) is 19.6. The molecule has 0 aromatic carbocycles. The van der Waals surface area contributed by atoms with Crippen LogP contribution in [0, 0.1) is 0 Å². The number of carbonyl (C=O) groups excluding carboxylic acids is 2. The topological polar surface area (TPSA) is 80.3 Å². The summed E-state index contributed by atoms with van der Waals surface area (Å²) in [6.07, 6.45) is 3.67. The molecule has 0 N–H and O–H groups in total. The molecule has 0 aliphatic carbocycles. The van der Waals surface area contributed by atoms with Gasteiger partial charge in [0.15, 0.2) is 6.29 Å². The molecule has 0 aromatic heterocycles. The van der Waals surface area contributed by atoms with Crippen LogP contribution in [0.3, 0.4) is 0 Å². The van der Waals surface area contributed by atoms with Crippen molar-refractivity contribution in [1.29, 1.82) is 0 Å². The normalized spacial score (nSPS) is 23.5. The van der Waals surface area contributed by atoms with E-state index in [1.54, 1.807) is 12.2 Å². The molecule has 0 amide bonds.